The Kier molecular flexibility index (Phi) is 3.01. The molecule has 106 valence electrons. The molecule has 21 heavy (non-hydrogen) atoms. The third-order valence-corrected chi connectivity index (χ3v) is 3.17. The number of carbonyl (C=O) groups is 1. The molecule has 0 amide bonds. The fourth-order valence-electron chi connectivity index (χ4n) is 2.11. The maximum absolute atomic E-state index is 12.5. The van der Waals surface area contributed by atoms with Crippen molar-refractivity contribution in [3.63, 3.8) is 0 Å². The summed E-state index contributed by atoms with van der Waals surface area (Å²) in [6, 6.07) is 7.59. The fraction of sp³-hybridized carbons (Fsp3) is 0.0667. The van der Waals surface area contributed by atoms with Crippen LogP contribution in [0.1, 0.15) is 21.5 Å². The Hall–Kier alpha value is -2.63. The molecule has 0 bridgehead atoms. The van der Waals surface area contributed by atoms with E-state index in [0.29, 0.717) is 16.6 Å². The van der Waals surface area contributed by atoms with Gasteiger partial charge in [0.1, 0.15) is 5.65 Å². The van der Waals surface area contributed by atoms with E-state index in [0.717, 1.165) is 12.1 Å². The van der Waals surface area contributed by atoms with E-state index < -0.39 is 11.7 Å². The van der Waals surface area contributed by atoms with Crippen LogP contribution in [0.15, 0.2) is 48.8 Å². The van der Waals surface area contributed by atoms with Gasteiger partial charge < -0.3 is 4.98 Å². The average Bonchev–Trinajstić information content (AvgIpc) is 2.90. The lowest BCUT2D eigenvalue weighted by Crippen LogP contribution is -2.06. The monoisotopic (exact) mass is 290 g/mol. The lowest BCUT2D eigenvalue weighted by molar-refractivity contribution is -0.137. The van der Waals surface area contributed by atoms with E-state index in [4.69, 9.17) is 0 Å². The molecular formula is C15H9F3N2O. The molecule has 0 atom stereocenters. The summed E-state index contributed by atoms with van der Waals surface area (Å²) in [6.45, 7) is 0. The first-order valence-electron chi connectivity index (χ1n) is 6.11. The fourth-order valence-corrected chi connectivity index (χ4v) is 2.11. The van der Waals surface area contributed by atoms with Gasteiger partial charge in [-0.1, -0.05) is 12.1 Å². The second-order valence-electron chi connectivity index (χ2n) is 4.51. The summed E-state index contributed by atoms with van der Waals surface area (Å²) in [6.07, 6.45) is -1.31. The van der Waals surface area contributed by atoms with Gasteiger partial charge in [0.15, 0.2) is 5.78 Å². The lowest BCUT2D eigenvalue weighted by atomic mass is 10.0. The first-order valence-corrected chi connectivity index (χ1v) is 6.11. The predicted octanol–water partition coefficient (Wildman–Crippen LogP) is 3.81. The van der Waals surface area contributed by atoms with Gasteiger partial charge in [-0.2, -0.15) is 13.2 Å². The molecule has 0 radical (unpaired) electrons. The largest absolute Gasteiger partial charge is 0.416 e. The Morgan fingerprint density at radius 3 is 2.48 bits per heavy atom. The minimum absolute atomic E-state index is 0.202. The number of halogens is 3. The minimum Gasteiger partial charge on any atom is -0.345 e. The van der Waals surface area contributed by atoms with Crippen LogP contribution >= 0.6 is 0 Å². The SMILES string of the molecule is O=C(c1ccc(C(F)(F)F)cc1)c1c[nH]c2ncccc12. The number of nitrogens with zero attached hydrogens (tertiary/aromatic N) is 1. The number of alkyl halides is 3. The maximum atomic E-state index is 12.5. The Morgan fingerprint density at radius 1 is 1.10 bits per heavy atom. The molecule has 0 unspecified atom stereocenters. The normalized spacial score (nSPS) is 11.8. The molecule has 2 heterocycles. The Morgan fingerprint density at radius 2 is 1.81 bits per heavy atom. The number of benzene rings is 1. The van der Waals surface area contributed by atoms with Crippen molar-refractivity contribution in [1.82, 2.24) is 9.97 Å². The third kappa shape index (κ3) is 2.40. The van der Waals surface area contributed by atoms with Gasteiger partial charge in [0, 0.05) is 28.9 Å². The molecule has 3 rings (SSSR count). The lowest BCUT2D eigenvalue weighted by Gasteiger charge is -2.06. The second-order valence-corrected chi connectivity index (χ2v) is 4.51. The Bertz CT molecular complexity index is 804. The summed E-state index contributed by atoms with van der Waals surface area (Å²) in [5, 5.41) is 0.641. The molecule has 6 heteroatoms. The third-order valence-electron chi connectivity index (χ3n) is 3.17. The molecule has 3 nitrogen and oxygen atoms in total. The predicted molar refractivity (Wildman–Crippen MR) is 71.0 cm³/mol. The van der Waals surface area contributed by atoms with Crippen LogP contribution in [0.25, 0.3) is 11.0 Å². The van der Waals surface area contributed by atoms with Gasteiger partial charge in [0.05, 0.1) is 5.56 Å². The van der Waals surface area contributed by atoms with Gasteiger partial charge in [0.25, 0.3) is 0 Å². The number of rotatable bonds is 2. The van der Waals surface area contributed by atoms with Crippen molar-refractivity contribution >= 4 is 16.8 Å². The quantitative estimate of drug-likeness (QED) is 0.729. The Balaban J connectivity index is 1.99. The van der Waals surface area contributed by atoms with E-state index in [1.54, 1.807) is 18.3 Å². The maximum Gasteiger partial charge on any atom is 0.416 e. The van der Waals surface area contributed by atoms with Gasteiger partial charge in [0.2, 0.25) is 0 Å². The molecule has 0 saturated carbocycles. The van der Waals surface area contributed by atoms with Gasteiger partial charge >= 0.3 is 6.18 Å². The van der Waals surface area contributed by atoms with Crippen molar-refractivity contribution in [3.05, 3.63) is 65.5 Å². The molecule has 0 aliphatic carbocycles. The van der Waals surface area contributed by atoms with Crippen LogP contribution in [-0.4, -0.2) is 15.8 Å². The first-order chi connectivity index (χ1) is 9.97. The second kappa shape index (κ2) is 4.73. The smallest absolute Gasteiger partial charge is 0.345 e. The average molecular weight is 290 g/mol. The molecule has 0 saturated heterocycles. The van der Waals surface area contributed by atoms with E-state index in [-0.39, 0.29) is 11.3 Å². The number of carbonyl (C=O) groups excluding carboxylic acids is 1. The van der Waals surface area contributed by atoms with E-state index >= 15 is 0 Å². The number of aromatic amines is 1. The summed E-state index contributed by atoms with van der Waals surface area (Å²) >= 11 is 0. The van der Waals surface area contributed by atoms with Crippen molar-refractivity contribution in [2.75, 3.05) is 0 Å². The molecular weight excluding hydrogens is 281 g/mol. The number of hydrogen-bond donors (Lipinski definition) is 1. The van der Waals surface area contributed by atoms with Crippen molar-refractivity contribution in [2.24, 2.45) is 0 Å². The van der Waals surface area contributed by atoms with Crippen molar-refractivity contribution in [2.45, 2.75) is 6.18 Å². The van der Waals surface area contributed by atoms with E-state index in [1.165, 1.54) is 18.3 Å². The topological polar surface area (TPSA) is 45.8 Å². The van der Waals surface area contributed by atoms with Crippen LogP contribution in [0.4, 0.5) is 13.2 Å². The first kappa shape index (κ1) is 13.4. The number of nitrogens with one attached hydrogen (secondary N) is 1. The summed E-state index contributed by atoms with van der Waals surface area (Å²) in [7, 11) is 0. The molecule has 3 aromatic rings. The van der Waals surface area contributed by atoms with Crippen molar-refractivity contribution in [1.29, 1.82) is 0 Å². The van der Waals surface area contributed by atoms with E-state index in [2.05, 4.69) is 9.97 Å². The van der Waals surface area contributed by atoms with Crippen LogP contribution in [0.5, 0.6) is 0 Å². The summed E-state index contributed by atoms with van der Waals surface area (Å²) in [4.78, 5) is 19.3. The standard InChI is InChI=1S/C15H9F3N2O/c16-15(17,18)10-5-3-9(4-6-10)13(21)12-8-20-14-11(12)2-1-7-19-14/h1-8H,(H,19,20). The van der Waals surface area contributed by atoms with Gasteiger partial charge in [-0.25, -0.2) is 4.98 Å². The summed E-state index contributed by atoms with van der Waals surface area (Å²) < 4.78 is 37.5. The number of H-pyrrole nitrogens is 1. The van der Waals surface area contributed by atoms with Crippen molar-refractivity contribution in [3.8, 4) is 0 Å². The van der Waals surface area contributed by atoms with Crippen LogP contribution in [0.3, 0.4) is 0 Å². The van der Waals surface area contributed by atoms with Crippen molar-refractivity contribution < 1.29 is 18.0 Å². The van der Waals surface area contributed by atoms with Crippen LogP contribution < -0.4 is 0 Å². The minimum atomic E-state index is -4.41. The molecule has 0 aliphatic rings. The van der Waals surface area contributed by atoms with E-state index in [9.17, 15) is 18.0 Å². The summed E-state index contributed by atoms with van der Waals surface area (Å²) in [5.74, 6) is -0.344. The molecule has 1 N–H and O–H groups in total. The number of hydrogen-bond acceptors (Lipinski definition) is 2. The zero-order chi connectivity index (χ0) is 15.0. The van der Waals surface area contributed by atoms with Crippen LogP contribution in [0.2, 0.25) is 0 Å². The number of aromatic nitrogens is 2. The zero-order valence-corrected chi connectivity index (χ0v) is 10.6. The molecule has 2 aromatic heterocycles. The molecule has 0 aliphatic heterocycles. The summed E-state index contributed by atoms with van der Waals surface area (Å²) in [5.41, 5.74) is 0.373. The Labute approximate surface area is 117 Å². The van der Waals surface area contributed by atoms with Crippen LogP contribution in [-0.2, 0) is 6.18 Å². The number of ketones is 1. The zero-order valence-electron chi connectivity index (χ0n) is 10.6. The highest BCUT2D eigenvalue weighted by Crippen LogP contribution is 2.29. The van der Waals surface area contributed by atoms with Crippen LogP contribution in [0, 0.1) is 0 Å². The molecule has 0 spiro atoms. The number of pyridine rings is 1. The van der Waals surface area contributed by atoms with Gasteiger partial charge in [-0.3, -0.25) is 4.79 Å². The van der Waals surface area contributed by atoms with Gasteiger partial charge in [-0.15, -0.1) is 0 Å². The number of fused-ring (bicyclic) bond motifs is 1. The highest BCUT2D eigenvalue weighted by atomic mass is 19.4. The molecule has 1 aromatic carbocycles. The molecule has 0 fully saturated rings. The highest BCUT2D eigenvalue weighted by molar-refractivity contribution is 6.15. The van der Waals surface area contributed by atoms with Gasteiger partial charge in [-0.05, 0) is 24.3 Å². The van der Waals surface area contributed by atoms with E-state index in [1.807, 2.05) is 0 Å². The highest BCUT2D eigenvalue weighted by Gasteiger charge is 2.30.